The van der Waals surface area contributed by atoms with Crippen molar-refractivity contribution in [1.29, 1.82) is 0 Å². The third-order valence-corrected chi connectivity index (χ3v) is 3.19. The topological polar surface area (TPSA) is 106 Å². The summed E-state index contributed by atoms with van der Waals surface area (Å²) >= 11 is 0. The van der Waals surface area contributed by atoms with Crippen molar-refractivity contribution in [1.82, 2.24) is 14.5 Å². The summed E-state index contributed by atoms with van der Waals surface area (Å²) in [5, 5.41) is 18.8. The molecule has 4 N–H and O–H groups in total. The predicted molar refractivity (Wildman–Crippen MR) is 63.6 cm³/mol. The van der Waals surface area contributed by atoms with Gasteiger partial charge in [-0.1, -0.05) is 0 Å². The van der Waals surface area contributed by atoms with Gasteiger partial charge in [-0.15, -0.1) is 0 Å². The number of hydrogen-bond acceptors (Lipinski definition) is 6. The zero-order valence-electron chi connectivity index (χ0n) is 9.60. The molecule has 0 spiro atoms. The minimum absolute atomic E-state index is 0.208. The Kier molecular flexibility index (Phi) is 2.66. The molecule has 96 valence electrons. The first-order valence-corrected chi connectivity index (χ1v) is 5.72. The van der Waals surface area contributed by atoms with Gasteiger partial charge in [0.1, 0.15) is 17.8 Å². The minimum Gasteiger partial charge on any atom is -0.397 e. The normalized spacial score (nSPS) is 28.0. The fourth-order valence-corrected chi connectivity index (χ4v) is 2.21. The molecule has 1 aliphatic heterocycles. The predicted octanol–water partition coefficient (Wildman–Crippen LogP) is -0.346. The molecular formula is C11H14N4O3. The molecule has 0 unspecified atom stereocenters. The van der Waals surface area contributed by atoms with Crippen LogP contribution in [0.15, 0.2) is 18.6 Å². The van der Waals surface area contributed by atoms with E-state index in [1.54, 1.807) is 23.2 Å². The van der Waals surface area contributed by atoms with Gasteiger partial charge in [-0.3, -0.25) is 4.57 Å². The second-order valence-corrected chi connectivity index (χ2v) is 4.34. The molecule has 7 nitrogen and oxygen atoms in total. The molecule has 0 saturated carbocycles. The van der Waals surface area contributed by atoms with Crippen LogP contribution in [0, 0.1) is 0 Å². The van der Waals surface area contributed by atoms with Crippen LogP contribution in [0.2, 0.25) is 0 Å². The molecule has 18 heavy (non-hydrogen) atoms. The molecule has 2 aromatic heterocycles. The minimum atomic E-state index is -0.682. The number of anilines is 1. The Balaban J connectivity index is 1.99. The van der Waals surface area contributed by atoms with Crippen LogP contribution in [-0.4, -0.2) is 43.6 Å². The van der Waals surface area contributed by atoms with Crippen molar-refractivity contribution in [2.45, 2.75) is 24.9 Å². The van der Waals surface area contributed by atoms with E-state index in [9.17, 15) is 5.11 Å². The van der Waals surface area contributed by atoms with Gasteiger partial charge >= 0.3 is 0 Å². The second kappa shape index (κ2) is 4.20. The Morgan fingerprint density at radius 3 is 3.06 bits per heavy atom. The molecule has 0 bridgehead atoms. The van der Waals surface area contributed by atoms with Crippen LogP contribution >= 0.6 is 0 Å². The van der Waals surface area contributed by atoms with Gasteiger partial charge in [0.15, 0.2) is 5.65 Å². The SMILES string of the molecule is Nc1ccnc2c1ncn2[C@H]1C[C@H](O)[C@@H](CO)O1. The van der Waals surface area contributed by atoms with Gasteiger partial charge in [0.05, 0.1) is 24.7 Å². The quantitative estimate of drug-likeness (QED) is 0.673. The first kappa shape index (κ1) is 11.4. The number of ether oxygens (including phenoxy) is 1. The van der Waals surface area contributed by atoms with E-state index in [-0.39, 0.29) is 12.8 Å². The number of hydrogen-bond donors (Lipinski definition) is 3. The number of pyridine rings is 1. The molecule has 1 fully saturated rings. The van der Waals surface area contributed by atoms with Gasteiger partial charge in [0.25, 0.3) is 0 Å². The van der Waals surface area contributed by atoms with E-state index in [4.69, 9.17) is 15.6 Å². The lowest BCUT2D eigenvalue weighted by molar-refractivity contribution is -0.0432. The average molecular weight is 250 g/mol. The van der Waals surface area contributed by atoms with E-state index in [1.165, 1.54) is 0 Å². The Labute approximate surface area is 103 Å². The summed E-state index contributed by atoms with van der Waals surface area (Å²) < 4.78 is 7.28. The number of rotatable bonds is 2. The molecule has 0 aromatic carbocycles. The fraction of sp³-hybridized carbons (Fsp3) is 0.455. The smallest absolute Gasteiger partial charge is 0.164 e. The van der Waals surface area contributed by atoms with Crippen LogP contribution in [0.1, 0.15) is 12.6 Å². The zero-order valence-corrected chi connectivity index (χ0v) is 9.60. The van der Waals surface area contributed by atoms with Crippen LogP contribution in [0.4, 0.5) is 5.69 Å². The summed E-state index contributed by atoms with van der Waals surface area (Å²) in [7, 11) is 0. The molecule has 0 aliphatic carbocycles. The highest BCUT2D eigenvalue weighted by molar-refractivity contribution is 5.83. The Hall–Kier alpha value is -1.70. The van der Waals surface area contributed by atoms with Crippen LogP contribution in [0.5, 0.6) is 0 Å². The summed E-state index contributed by atoms with van der Waals surface area (Å²) in [4.78, 5) is 8.41. The maximum absolute atomic E-state index is 9.72. The maximum atomic E-state index is 9.72. The maximum Gasteiger partial charge on any atom is 0.164 e. The van der Waals surface area contributed by atoms with E-state index < -0.39 is 12.2 Å². The highest BCUT2D eigenvalue weighted by atomic mass is 16.5. The van der Waals surface area contributed by atoms with E-state index in [2.05, 4.69) is 9.97 Å². The lowest BCUT2D eigenvalue weighted by Gasteiger charge is -2.13. The lowest BCUT2D eigenvalue weighted by Crippen LogP contribution is -2.24. The van der Waals surface area contributed by atoms with Crippen LogP contribution in [-0.2, 0) is 4.74 Å². The standard InChI is InChI=1S/C11H14N4O3/c12-6-1-2-13-11-10(6)14-5-15(11)9-3-7(17)8(4-16)18-9/h1-2,5,7-9,16-17H,3-4H2,(H2,12,13)/t7-,8+,9+/m0/s1. The molecule has 1 aliphatic rings. The van der Waals surface area contributed by atoms with Crippen LogP contribution in [0.3, 0.4) is 0 Å². The van der Waals surface area contributed by atoms with E-state index in [0.717, 1.165) is 0 Å². The number of fused-ring (bicyclic) bond motifs is 1. The molecule has 0 amide bonds. The highest BCUT2D eigenvalue weighted by Crippen LogP contribution is 2.31. The van der Waals surface area contributed by atoms with Crippen molar-refractivity contribution in [3.8, 4) is 0 Å². The molecule has 3 heterocycles. The van der Waals surface area contributed by atoms with Gasteiger partial charge in [0.2, 0.25) is 0 Å². The summed E-state index contributed by atoms with van der Waals surface area (Å²) in [5.74, 6) is 0. The summed E-state index contributed by atoms with van der Waals surface area (Å²) in [5.41, 5.74) is 7.59. The average Bonchev–Trinajstić information content (AvgIpc) is 2.93. The first-order chi connectivity index (χ1) is 8.70. The van der Waals surface area contributed by atoms with Crippen molar-refractivity contribution in [2.75, 3.05) is 12.3 Å². The number of nitrogens with zero attached hydrogens (tertiary/aromatic N) is 3. The van der Waals surface area contributed by atoms with Crippen molar-refractivity contribution < 1.29 is 14.9 Å². The fourth-order valence-electron chi connectivity index (χ4n) is 2.21. The van der Waals surface area contributed by atoms with Gasteiger partial charge in [-0.05, 0) is 6.07 Å². The largest absolute Gasteiger partial charge is 0.397 e. The molecule has 3 atom stereocenters. The third-order valence-electron chi connectivity index (χ3n) is 3.19. The van der Waals surface area contributed by atoms with Gasteiger partial charge in [-0.25, -0.2) is 9.97 Å². The van der Waals surface area contributed by atoms with Crippen molar-refractivity contribution in [3.05, 3.63) is 18.6 Å². The summed E-state index contributed by atoms with van der Waals surface area (Å²) in [6.45, 7) is -0.208. The van der Waals surface area contributed by atoms with Crippen molar-refractivity contribution in [2.24, 2.45) is 0 Å². The van der Waals surface area contributed by atoms with Crippen LogP contribution < -0.4 is 5.73 Å². The molecule has 3 rings (SSSR count). The first-order valence-electron chi connectivity index (χ1n) is 5.72. The van der Waals surface area contributed by atoms with Crippen molar-refractivity contribution in [3.63, 3.8) is 0 Å². The number of nitrogen functional groups attached to an aromatic ring is 1. The number of nitrogens with two attached hydrogens (primary N) is 1. The van der Waals surface area contributed by atoms with E-state index in [1.807, 2.05) is 0 Å². The van der Waals surface area contributed by atoms with E-state index in [0.29, 0.717) is 23.3 Å². The summed E-state index contributed by atoms with van der Waals surface area (Å²) in [6.07, 6.45) is 1.96. The third kappa shape index (κ3) is 1.64. The molecule has 0 radical (unpaired) electrons. The second-order valence-electron chi connectivity index (χ2n) is 4.34. The molecule has 1 saturated heterocycles. The monoisotopic (exact) mass is 250 g/mol. The van der Waals surface area contributed by atoms with Gasteiger partial charge in [0, 0.05) is 12.6 Å². The number of imidazole rings is 1. The van der Waals surface area contributed by atoms with Gasteiger partial charge in [-0.2, -0.15) is 0 Å². The zero-order chi connectivity index (χ0) is 12.7. The number of aliphatic hydroxyl groups excluding tert-OH is 2. The lowest BCUT2D eigenvalue weighted by atomic mass is 10.2. The van der Waals surface area contributed by atoms with E-state index >= 15 is 0 Å². The summed E-state index contributed by atoms with van der Waals surface area (Å²) in [6, 6.07) is 1.68. The number of aromatic nitrogens is 3. The number of aliphatic hydroxyl groups is 2. The van der Waals surface area contributed by atoms with Gasteiger partial charge < -0.3 is 20.7 Å². The van der Waals surface area contributed by atoms with Crippen LogP contribution in [0.25, 0.3) is 11.2 Å². The molecular weight excluding hydrogens is 236 g/mol. The van der Waals surface area contributed by atoms with Crippen molar-refractivity contribution >= 4 is 16.9 Å². The molecule has 2 aromatic rings. The Morgan fingerprint density at radius 1 is 1.50 bits per heavy atom. The Bertz CT molecular complexity index is 570. The highest BCUT2D eigenvalue weighted by Gasteiger charge is 2.35. The molecule has 7 heteroatoms. The Morgan fingerprint density at radius 2 is 2.33 bits per heavy atom.